The number of benzene rings is 1. The zero-order valence-corrected chi connectivity index (χ0v) is 19.7. The maximum atomic E-state index is 12.6. The molecular formula is C24H31ClN4O4. The summed E-state index contributed by atoms with van der Waals surface area (Å²) in [5.41, 5.74) is 0.646. The van der Waals surface area contributed by atoms with Crippen LogP contribution >= 0.6 is 11.6 Å². The van der Waals surface area contributed by atoms with Crippen LogP contribution in [0.3, 0.4) is 0 Å². The number of aliphatic hydroxyl groups excluding tert-OH is 1. The van der Waals surface area contributed by atoms with Gasteiger partial charge in [0.2, 0.25) is 5.91 Å². The Hall–Kier alpha value is -1.97. The fourth-order valence-corrected chi connectivity index (χ4v) is 5.36. The Bertz CT molecular complexity index is 1020. The zero-order chi connectivity index (χ0) is 23.0. The number of piperazine rings is 1. The van der Waals surface area contributed by atoms with E-state index in [4.69, 9.17) is 21.1 Å². The number of nitrogens with zero attached hydrogens (tertiary/aromatic N) is 3. The first kappa shape index (κ1) is 22.8. The van der Waals surface area contributed by atoms with Gasteiger partial charge >= 0.3 is 0 Å². The molecule has 33 heavy (non-hydrogen) atoms. The molecule has 5 rings (SSSR count). The van der Waals surface area contributed by atoms with Crippen molar-refractivity contribution in [3.05, 3.63) is 29.4 Å². The van der Waals surface area contributed by atoms with Gasteiger partial charge in [0.1, 0.15) is 5.82 Å². The minimum absolute atomic E-state index is 0.00188. The molecule has 3 aliphatic heterocycles. The zero-order valence-electron chi connectivity index (χ0n) is 18.9. The highest BCUT2D eigenvalue weighted by Gasteiger charge is 2.44. The summed E-state index contributed by atoms with van der Waals surface area (Å²) >= 11 is 6.65. The van der Waals surface area contributed by atoms with Crippen molar-refractivity contribution in [2.24, 2.45) is 5.92 Å². The third-order valence-corrected chi connectivity index (χ3v) is 7.66. The van der Waals surface area contributed by atoms with Gasteiger partial charge in [-0.05, 0) is 43.4 Å². The normalized spacial score (nSPS) is 27.2. The van der Waals surface area contributed by atoms with Gasteiger partial charge in [0.05, 0.1) is 35.6 Å². The Kier molecular flexibility index (Phi) is 6.46. The van der Waals surface area contributed by atoms with Crippen LogP contribution < -0.4 is 10.2 Å². The standard InChI is InChI=1S/C24H31ClN4O4/c1-24(15-33-14-21(24)30)29-6-4-28(5-7-29)20-11-17-12-22(26-13-18(17)10-19(20)25)27-23(31)16-2-8-32-9-3-16/h10-13,16,21,30H,2-9,14-15H2,1H3,(H,26,27,31). The summed E-state index contributed by atoms with van der Waals surface area (Å²) in [4.78, 5) is 21.6. The number of hydrogen-bond donors (Lipinski definition) is 2. The van der Waals surface area contributed by atoms with Gasteiger partial charge in [-0.15, -0.1) is 0 Å². The quantitative estimate of drug-likeness (QED) is 0.704. The largest absolute Gasteiger partial charge is 0.389 e. The van der Waals surface area contributed by atoms with Crippen LogP contribution in [0.5, 0.6) is 0 Å². The Morgan fingerprint density at radius 2 is 1.91 bits per heavy atom. The highest BCUT2D eigenvalue weighted by Crippen LogP contribution is 2.34. The maximum absolute atomic E-state index is 12.6. The lowest BCUT2D eigenvalue weighted by atomic mass is 9.95. The summed E-state index contributed by atoms with van der Waals surface area (Å²) in [7, 11) is 0. The highest BCUT2D eigenvalue weighted by atomic mass is 35.5. The molecule has 4 heterocycles. The molecule has 2 N–H and O–H groups in total. The van der Waals surface area contributed by atoms with E-state index in [0.717, 1.165) is 55.5 Å². The average Bonchev–Trinajstić information content (AvgIpc) is 3.18. The van der Waals surface area contributed by atoms with Crippen molar-refractivity contribution in [2.45, 2.75) is 31.4 Å². The van der Waals surface area contributed by atoms with Gasteiger partial charge in [-0.2, -0.15) is 0 Å². The molecule has 3 saturated heterocycles. The summed E-state index contributed by atoms with van der Waals surface area (Å²) < 4.78 is 10.9. The predicted octanol–water partition coefficient (Wildman–Crippen LogP) is 2.53. The molecule has 8 nitrogen and oxygen atoms in total. The molecule has 3 aliphatic rings. The Labute approximate surface area is 198 Å². The van der Waals surface area contributed by atoms with Crippen LogP contribution in [-0.2, 0) is 14.3 Å². The molecule has 2 atom stereocenters. The second kappa shape index (κ2) is 9.35. The molecule has 2 aromatic rings. The fraction of sp³-hybridized carbons (Fsp3) is 0.583. The number of pyridine rings is 1. The first-order valence-electron chi connectivity index (χ1n) is 11.7. The minimum Gasteiger partial charge on any atom is -0.389 e. The molecule has 0 saturated carbocycles. The first-order valence-corrected chi connectivity index (χ1v) is 12.1. The summed E-state index contributed by atoms with van der Waals surface area (Å²) in [6, 6.07) is 5.93. The number of aromatic nitrogens is 1. The van der Waals surface area contributed by atoms with Gasteiger partial charge < -0.3 is 24.8 Å². The van der Waals surface area contributed by atoms with E-state index in [1.165, 1.54) is 0 Å². The summed E-state index contributed by atoms with van der Waals surface area (Å²) in [5, 5.41) is 16.0. The fourth-order valence-electron chi connectivity index (χ4n) is 5.07. The maximum Gasteiger partial charge on any atom is 0.228 e. The lowest BCUT2D eigenvalue weighted by Gasteiger charge is -2.45. The van der Waals surface area contributed by atoms with Crippen LogP contribution in [0.25, 0.3) is 10.8 Å². The van der Waals surface area contributed by atoms with Crippen molar-refractivity contribution in [1.29, 1.82) is 0 Å². The number of nitrogens with one attached hydrogen (secondary N) is 1. The lowest BCUT2D eigenvalue weighted by Crippen LogP contribution is -2.60. The van der Waals surface area contributed by atoms with Gasteiger partial charge in [-0.3, -0.25) is 9.69 Å². The molecule has 2 unspecified atom stereocenters. The van der Waals surface area contributed by atoms with Crippen molar-refractivity contribution in [2.75, 3.05) is 62.8 Å². The van der Waals surface area contributed by atoms with E-state index in [9.17, 15) is 9.90 Å². The van der Waals surface area contributed by atoms with Crippen LogP contribution in [-0.4, -0.2) is 85.1 Å². The number of amides is 1. The number of rotatable bonds is 4. The SMILES string of the molecule is CC1(N2CCN(c3cc4cc(NC(=O)C5CCOCC5)ncc4cc3Cl)CC2)COCC1O. The van der Waals surface area contributed by atoms with E-state index in [-0.39, 0.29) is 17.4 Å². The topological polar surface area (TPSA) is 87.2 Å². The third kappa shape index (κ3) is 4.55. The minimum atomic E-state index is -0.462. The Morgan fingerprint density at radius 1 is 1.15 bits per heavy atom. The molecule has 1 aromatic heterocycles. The van der Waals surface area contributed by atoms with Crippen LogP contribution in [0.4, 0.5) is 11.5 Å². The molecule has 0 aliphatic carbocycles. The van der Waals surface area contributed by atoms with Crippen LogP contribution in [0.2, 0.25) is 5.02 Å². The van der Waals surface area contributed by atoms with Crippen molar-refractivity contribution in [3.63, 3.8) is 0 Å². The molecule has 1 amide bonds. The van der Waals surface area contributed by atoms with E-state index in [2.05, 4.69) is 33.1 Å². The summed E-state index contributed by atoms with van der Waals surface area (Å²) in [5.74, 6) is 0.529. The number of halogens is 1. The number of aliphatic hydroxyl groups is 1. The Morgan fingerprint density at radius 3 is 2.61 bits per heavy atom. The molecule has 3 fully saturated rings. The number of carbonyl (C=O) groups excluding carboxylic acids is 1. The van der Waals surface area contributed by atoms with Crippen molar-refractivity contribution in [3.8, 4) is 0 Å². The lowest BCUT2D eigenvalue weighted by molar-refractivity contribution is -0.122. The number of fused-ring (bicyclic) bond motifs is 1. The predicted molar refractivity (Wildman–Crippen MR) is 128 cm³/mol. The molecule has 9 heteroatoms. The van der Waals surface area contributed by atoms with Crippen LogP contribution in [0.1, 0.15) is 19.8 Å². The molecule has 0 bridgehead atoms. The molecule has 1 aromatic carbocycles. The second-order valence-corrected chi connectivity index (χ2v) is 9.87. The summed E-state index contributed by atoms with van der Waals surface area (Å²) in [6.45, 7) is 7.56. The average molecular weight is 475 g/mol. The third-order valence-electron chi connectivity index (χ3n) is 7.36. The van der Waals surface area contributed by atoms with E-state index in [1.807, 2.05) is 12.1 Å². The van der Waals surface area contributed by atoms with Crippen molar-refractivity contribution < 1.29 is 19.4 Å². The van der Waals surface area contributed by atoms with Gasteiger partial charge in [-0.1, -0.05) is 11.6 Å². The van der Waals surface area contributed by atoms with Gasteiger partial charge in [-0.25, -0.2) is 4.98 Å². The number of carbonyl (C=O) groups is 1. The first-order chi connectivity index (χ1) is 15.9. The van der Waals surface area contributed by atoms with E-state index in [1.54, 1.807) is 6.20 Å². The van der Waals surface area contributed by atoms with Crippen molar-refractivity contribution >= 4 is 39.8 Å². The van der Waals surface area contributed by atoms with Crippen molar-refractivity contribution in [1.82, 2.24) is 9.88 Å². The van der Waals surface area contributed by atoms with E-state index >= 15 is 0 Å². The number of hydrogen-bond acceptors (Lipinski definition) is 7. The smallest absolute Gasteiger partial charge is 0.228 e. The molecule has 178 valence electrons. The second-order valence-electron chi connectivity index (χ2n) is 9.46. The van der Waals surface area contributed by atoms with E-state index in [0.29, 0.717) is 37.3 Å². The highest BCUT2D eigenvalue weighted by molar-refractivity contribution is 6.34. The molecule has 0 spiro atoms. The van der Waals surface area contributed by atoms with Crippen LogP contribution in [0, 0.1) is 5.92 Å². The molecular weight excluding hydrogens is 444 g/mol. The van der Waals surface area contributed by atoms with Gasteiger partial charge in [0.15, 0.2) is 0 Å². The van der Waals surface area contributed by atoms with Crippen LogP contribution in [0.15, 0.2) is 24.4 Å². The summed E-state index contributed by atoms with van der Waals surface area (Å²) in [6.07, 6.45) is 2.78. The number of anilines is 2. The number of ether oxygens (including phenoxy) is 2. The van der Waals surface area contributed by atoms with E-state index < -0.39 is 6.10 Å². The van der Waals surface area contributed by atoms with Gasteiger partial charge in [0.25, 0.3) is 0 Å². The molecule has 0 radical (unpaired) electrons. The van der Waals surface area contributed by atoms with Gasteiger partial charge in [0, 0.05) is 56.9 Å². The monoisotopic (exact) mass is 474 g/mol. The Balaban J connectivity index is 1.30.